The van der Waals surface area contributed by atoms with Crippen LogP contribution in [0.1, 0.15) is 21.8 Å². The molecule has 11 heteroatoms. The van der Waals surface area contributed by atoms with Crippen molar-refractivity contribution in [2.24, 2.45) is 0 Å². The number of hydrogen-bond acceptors (Lipinski definition) is 7. The Kier molecular flexibility index (Phi) is 11.6. The Balaban J connectivity index is 0.00000196. The van der Waals surface area contributed by atoms with Crippen molar-refractivity contribution in [1.82, 2.24) is 20.5 Å². The predicted octanol–water partition coefficient (Wildman–Crippen LogP) is 2.25. The predicted molar refractivity (Wildman–Crippen MR) is 120 cm³/mol. The van der Waals surface area contributed by atoms with Crippen LogP contribution in [-0.2, 0) is 11.2 Å². The molecule has 3 heterocycles. The van der Waals surface area contributed by atoms with E-state index >= 15 is 0 Å². The SMILES string of the molecule is Cl.Cl.O=C(Cc1csc(NC(=O)c2cccs2)n1)NCCCN1CCNCC1. The molecule has 0 atom stereocenters. The molecule has 3 rings (SSSR count). The van der Waals surface area contributed by atoms with Crippen molar-refractivity contribution in [3.05, 3.63) is 33.5 Å². The maximum atomic E-state index is 12.0. The summed E-state index contributed by atoms with van der Waals surface area (Å²) in [6.07, 6.45) is 1.18. The van der Waals surface area contributed by atoms with E-state index in [0.29, 0.717) is 22.2 Å². The number of halogens is 2. The molecule has 3 N–H and O–H groups in total. The molecule has 28 heavy (non-hydrogen) atoms. The maximum Gasteiger partial charge on any atom is 0.267 e. The largest absolute Gasteiger partial charge is 0.356 e. The zero-order chi connectivity index (χ0) is 18.2. The summed E-state index contributed by atoms with van der Waals surface area (Å²) in [4.78, 5) is 31.4. The molecule has 2 aromatic rings. The van der Waals surface area contributed by atoms with Gasteiger partial charge < -0.3 is 15.5 Å². The summed E-state index contributed by atoms with van der Waals surface area (Å²) in [6.45, 7) is 5.93. The van der Waals surface area contributed by atoms with Gasteiger partial charge in [0.05, 0.1) is 17.0 Å². The van der Waals surface area contributed by atoms with Crippen molar-refractivity contribution >= 4 is 64.4 Å². The first-order valence-electron chi connectivity index (χ1n) is 8.70. The van der Waals surface area contributed by atoms with Crippen LogP contribution in [0.2, 0.25) is 0 Å². The molecule has 1 fully saturated rings. The number of rotatable bonds is 8. The second kappa shape index (κ2) is 13.1. The van der Waals surface area contributed by atoms with E-state index < -0.39 is 0 Å². The summed E-state index contributed by atoms with van der Waals surface area (Å²) in [5.74, 6) is -0.204. The van der Waals surface area contributed by atoms with Crippen molar-refractivity contribution in [1.29, 1.82) is 0 Å². The van der Waals surface area contributed by atoms with Crippen LogP contribution in [0, 0.1) is 0 Å². The number of carbonyl (C=O) groups is 2. The quantitative estimate of drug-likeness (QED) is 0.520. The molecule has 1 aliphatic heterocycles. The van der Waals surface area contributed by atoms with Gasteiger partial charge in [-0.3, -0.25) is 14.9 Å². The van der Waals surface area contributed by atoms with Crippen LogP contribution >= 0.6 is 47.5 Å². The number of carbonyl (C=O) groups excluding carboxylic acids is 2. The number of piperazine rings is 1. The zero-order valence-electron chi connectivity index (χ0n) is 15.3. The number of thiazole rings is 1. The highest BCUT2D eigenvalue weighted by molar-refractivity contribution is 7.14. The third kappa shape index (κ3) is 8.02. The molecule has 1 saturated heterocycles. The van der Waals surface area contributed by atoms with Gasteiger partial charge in [0.2, 0.25) is 5.91 Å². The number of thiophene rings is 1. The topological polar surface area (TPSA) is 86.4 Å². The van der Waals surface area contributed by atoms with E-state index in [9.17, 15) is 9.59 Å². The first kappa shape index (κ1) is 24.8. The Hall–Kier alpha value is -1.23. The summed E-state index contributed by atoms with van der Waals surface area (Å²) >= 11 is 2.72. The molecular formula is C17H25Cl2N5O2S2. The van der Waals surface area contributed by atoms with Gasteiger partial charge in [-0.25, -0.2) is 4.98 Å². The molecule has 0 unspecified atom stereocenters. The number of anilines is 1. The van der Waals surface area contributed by atoms with Crippen LogP contribution in [0.5, 0.6) is 0 Å². The van der Waals surface area contributed by atoms with Crippen LogP contribution in [0.3, 0.4) is 0 Å². The van der Waals surface area contributed by atoms with Gasteiger partial charge in [0.15, 0.2) is 5.13 Å². The minimum Gasteiger partial charge on any atom is -0.356 e. The van der Waals surface area contributed by atoms with Gasteiger partial charge in [0, 0.05) is 38.1 Å². The molecule has 0 aromatic carbocycles. The Labute approximate surface area is 185 Å². The number of amides is 2. The Morgan fingerprint density at radius 3 is 2.71 bits per heavy atom. The van der Waals surface area contributed by atoms with Crippen LogP contribution in [-0.4, -0.2) is 61.0 Å². The van der Waals surface area contributed by atoms with Crippen molar-refractivity contribution in [2.45, 2.75) is 12.8 Å². The highest BCUT2D eigenvalue weighted by atomic mass is 35.5. The number of hydrogen-bond donors (Lipinski definition) is 3. The van der Waals surface area contributed by atoms with Gasteiger partial charge in [-0.1, -0.05) is 6.07 Å². The van der Waals surface area contributed by atoms with Gasteiger partial charge >= 0.3 is 0 Å². The average molecular weight is 466 g/mol. The van der Waals surface area contributed by atoms with Crippen molar-refractivity contribution in [2.75, 3.05) is 44.6 Å². The van der Waals surface area contributed by atoms with Gasteiger partial charge in [-0.2, -0.15) is 0 Å². The highest BCUT2D eigenvalue weighted by Gasteiger charge is 2.12. The second-order valence-electron chi connectivity index (χ2n) is 6.05. The molecule has 0 saturated carbocycles. The molecule has 7 nitrogen and oxygen atoms in total. The fourth-order valence-electron chi connectivity index (χ4n) is 2.70. The number of nitrogens with one attached hydrogen (secondary N) is 3. The minimum absolute atomic E-state index is 0. The smallest absolute Gasteiger partial charge is 0.267 e. The summed E-state index contributed by atoms with van der Waals surface area (Å²) < 4.78 is 0. The fraction of sp³-hybridized carbons (Fsp3) is 0.471. The molecule has 156 valence electrons. The van der Waals surface area contributed by atoms with Crippen LogP contribution in [0.25, 0.3) is 0 Å². The lowest BCUT2D eigenvalue weighted by Crippen LogP contribution is -2.44. The van der Waals surface area contributed by atoms with Crippen molar-refractivity contribution in [3.8, 4) is 0 Å². The standard InChI is InChI=1S/C17H23N5O2S2.2ClH/c23-15(19-4-2-7-22-8-5-18-6-9-22)11-13-12-26-17(20-13)21-16(24)14-3-1-10-25-14;;/h1,3,10,12,18H,2,4-9,11H2,(H,19,23)(H,20,21,24);2*1H. The normalized spacial score (nSPS) is 13.9. The Morgan fingerprint density at radius 1 is 1.21 bits per heavy atom. The first-order valence-corrected chi connectivity index (χ1v) is 10.5. The minimum atomic E-state index is -0.168. The highest BCUT2D eigenvalue weighted by Crippen LogP contribution is 2.18. The van der Waals surface area contributed by atoms with Gasteiger partial charge in [0.1, 0.15) is 0 Å². The van der Waals surface area contributed by atoms with Crippen molar-refractivity contribution in [3.63, 3.8) is 0 Å². The zero-order valence-corrected chi connectivity index (χ0v) is 18.6. The van der Waals surface area contributed by atoms with Crippen LogP contribution in [0.4, 0.5) is 5.13 Å². The van der Waals surface area contributed by atoms with E-state index in [0.717, 1.165) is 39.1 Å². The lowest BCUT2D eigenvalue weighted by molar-refractivity contribution is -0.120. The Morgan fingerprint density at radius 2 is 2.00 bits per heavy atom. The molecule has 0 bridgehead atoms. The van der Waals surface area contributed by atoms with Gasteiger partial charge in [-0.05, 0) is 24.4 Å². The monoisotopic (exact) mass is 465 g/mol. The van der Waals surface area contributed by atoms with E-state index in [1.54, 1.807) is 6.07 Å². The lowest BCUT2D eigenvalue weighted by Gasteiger charge is -2.27. The molecule has 0 spiro atoms. The third-order valence-corrected chi connectivity index (χ3v) is 5.72. The lowest BCUT2D eigenvalue weighted by atomic mass is 10.3. The second-order valence-corrected chi connectivity index (χ2v) is 7.85. The van der Waals surface area contributed by atoms with E-state index in [-0.39, 0.29) is 43.0 Å². The van der Waals surface area contributed by atoms with Gasteiger partial charge in [0.25, 0.3) is 5.91 Å². The van der Waals surface area contributed by atoms with Crippen LogP contribution in [0.15, 0.2) is 22.9 Å². The molecule has 0 radical (unpaired) electrons. The number of nitrogens with zero attached hydrogens (tertiary/aromatic N) is 2. The van der Waals surface area contributed by atoms with Crippen molar-refractivity contribution < 1.29 is 9.59 Å². The van der Waals surface area contributed by atoms with Gasteiger partial charge in [-0.15, -0.1) is 47.5 Å². The molecule has 2 aromatic heterocycles. The molecule has 1 aliphatic rings. The van der Waals surface area contributed by atoms with E-state index in [1.165, 1.54) is 22.7 Å². The summed E-state index contributed by atoms with van der Waals surface area (Å²) in [6, 6.07) is 3.60. The molecular weight excluding hydrogens is 441 g/mol. The number of aromatic nitrogens is 1. The maximum absolute atomic E-state index is 12.0. The summed E-state index contributed by atoms with van der Waals surface area (Å²) in [5, 5.41) is 13.2. The van der Waals surface area contributed by atoms with E-state index in [4.69, 9.17) is 0 Å². The Bertz CT molecular complexity index is 721. The fourth-order valence-corrected chi connectivity index (χ4v) is 4.03. The summed E-state index contributed by atoms with van der Waals surface area (Å²) in [5.41, 5.74) is 0.677. The molecule has 0 aliphatic carbocycles. The molecule has 2 amide bonds. The summed E-state index contributed by atoms with van der Waals surface area (Å²) in [7, 11) is 0. The first-order chi connectivity index (χ1) is 12.7. The van der Waals surface area contributed by atoms with E-state index in [1.807, 2.05) is 16.8 Å². The van der Waals surface area contributed by atoms with Crippen LogP contribution < -0.4 is 16.0 Å². The third-order valence-electron chi connectivity index (χ3n) is 4.04. The van der Waals surface area contributed by atoms with E-state index in [2.05, 4.69) is 25.8 Å². The average Bonchev–Trinajstić information content (AvgIpc) is 3.32.